The Hall–Kier alpha value is -3.36. The summed E-state index contributed by atoms with van der Waals surface area (Å²) in [7, 11) is 0. The zero-order valence-corrected chi connectivity index (χ0v) is 20.4. The van der Waals surface area contributed by atoms with Crippen molar-refractivity contribution in [2.24, 2.45) is 0 Å². The lowest BCUT2D eigenvalue weighted by molar-refractivity contribution is -0.119. The number of halogens is 1. The van der Waals surface area contributed by atoms with Crippen LogP contribution >= 0.6 is 23.4 Å². The molecule has 0 radical (unpaired) electrons. The molecule has 0 saturated carbocycles. The molecule has 2 heterocycles. The van der Waals surface area contributed by atoms with Gasteiger partial charge in [-0.3, -0.25) is 14.3 Å². The van der Waals surface area contributed by atoms with Gasteiger partial charge in [0.1, 0.15) is 5.75 Å². The van der Waals surface area contributed by atoms with Crippen LogP contribution in [-0.2, 0) is 4.79 Å². The molecule has 1 amide bonds. The van der Waals surface area contributed by atoms with Gasteiger partial charge in [0, 0.05) is 28.7 Å². The molecule has 0 aliphatic rings. The second-order valence-electron chi connectivity index (χ2n) is 7.41. The van der Waals surface area contributed by atoms with Crippen LogP contribution in [0, 0.1) is 0 Å². The molecule has 2 aromatic carbocycles. The third-order valence-electron chi connectivity index (χ3n) is 5.04. The van der Waals surface area contributed by atoms with Crippen molar-refractivity contribution in [2.75, 3.05) is 12.4 Å². The van der Waals surface area contributed by atoms with Gasteiger partial charge in [-0.05, 0) is 61.9 Å². The van der Waals surface area contributed by atoms with Crippen molar-refractivity contribution in [2.45, 2.75) is 25.0 Å². The minimum atomic E-state index is -0.211. The number of thioether (sulfide) groups is 1. The number of amides is 1. The first-order valence-electron chi connectivity index (χ1n) is 10.8. The van der Waals surface area contributed by atoms with Crippen LogP contribution in [0.4, 0.5) is 0 Å². The highest BCUT2D eigenvalue weighted by atomic mass is 35.5. The first kappa shape index (κ1) is 23.8. The molecule has 1 atom stereocenters. The second kappa shape index (κ2) is 11.2. The van der Waals surface area contributed by atoms with Gasteiger partial charge in [-0.25, -0.2) is 0 Å². The van der Waals surface area contributed by atoms with E-state index in [2.05, 4.69) is 20.5 Å². The highest BCUT2D eigenvalue weighted by Gasteiger charge is 2.19. The van der Waals surface area contributed by atoms with E-state index in [9.17, 15) is 4.79 Å². The number of carbonyl (C=O) groups is 1. The fraction of sp³-hybridized carbons (Fsp3) is 0.200. The van der Waals surface area contributed by atoms with Crippen molar-refractivity contribution in [3.8, 4) is 22.8 Å². The summed E-state index contributed by atoms with van der Waals surface area (Å²) in [5, 5.41) is 13.0. The number of nitrogens with one attached hydrogen (secondary N) is 1. The summed E-state index contributed by atoms with van der Waals surface area (Å²) in [6.45, 7) is 4.45. The normalized spacial score (nSPS) is 11.7. The molecule has 4 rings (SSSR count). The maximum atomic E-state index is 12.7. The quantitative estimate of drug-likeness (QED) is 0.316. The first-order chi connectivity index (χ1) is 16.6. The molecule has 4 aromatic rings. The smallest absolute Gasteiger partial charge is 0.230 e. The van der Waals surface area contributed by atoms with Gasteiger partial charge in [0.2, 0.25) is 5.91 Å². The molecule has 9 heteroatoms. The van der Waals surface area contributed by atoms with Crippen LogP contribution in [0.3, 0.4) is 0 Å². The molecule has 0 bridgehead atoms. The van der Waals surface area contributed by atoms with E-state index in [0.29, 0.717) is 22.6 Å². The van der Waals surface area contributed by atoms with Gasteiger partial charge < -0.3 is 10.1 Å². The van der Waals surface area contributed by atoms with Gasteiger partial charge in [-0.15, -0.1) is 10.2 Å². The van der Waals surface area contributed by atoms with Crippen LogP contribution in [0.25, 0.3) is 17.1 Å². The zero-order valence-electron chi connectivity index (χ0n) is 18.8. The largest absolute Gasteiger partial charge is 0.494 e. The molecule has 0 saturated heterocycles. The third kappa shape index (κ3) is 5.58. The molecular weight excluding hydrogens is 470 g/mol. The average molecular weight is 494 g/mol. The number of benzene rings is 2. The maximum Gasteiger partial charge on any atom is 0.230 e. The van der Waals surface area contributed by atoms with Crippen molar-refractivity contribution in [3.63, 3.8) is 0 Å². The molecule has 0 aliphatic heterocycles. The predicted molar refractivity (Wildman–Crippen MR) is 134 cm³/mol. The Balaban J connectivity index is 1.55. The van der Waals surface area contributed by atoms with Gasteiger partial charge >= 0.3 is 0 Å². The van der Waals surface area contributed by atoms with Crippen molar-refractivity contribution in [1.82, 2.24) is 25.1 Å². The lowest BCUT2D eigenvalue weighted by atomic mass is 10.1. The molecule has 2 aromatic heterocycles. The summed E-state index contributed by atoms with van der Waals surface area (Å²) in [4.78, 5) is 16.9. The maximum absolute atomic E-state index is 12.7. The summed E-state index contributed by atoms with van der Waals surface area (Å²) >= 11 is 7.58. The van der Waals surface area contributed by atoms with Crippen LogP contribution in [0.15, 0.2) is 78.2 Å². The van der Waals surface area contributed by atoms with Crippen LogP contribution in [0.5, 0.6) is 5.75 Å². The fourth-order valence-electron chi connectivity index (χ4n) is 3.45. The average Bonchev–Trinajstić information content (AvgIpc) is 3.28. The highest BCUT2D eigenvalue weighted by molar-refractivity contribution is 7.99. The Morgan fingerprint density at radius 2 is 1.91 bits per heavy atom. The molecule has 1 N–H and O–H groups in total. The molecule has 7 nitrogen and oxygen atoms in total. The summed E-state index contributed by atoms with van der Waals surface area (Å²) in [5.41, 5.74) is 2.56. The minimum absolute atomic E-state index is 0.124. The van der Waals surface area contributed by atoms with E-state index in [4.69, 9.17) is 16.3 Å². The SMILES string of the molecule is CCOc1ccc(-n2c(SCC(=O)NC(C)c3ccccc3Cl)nnc2-c2cccnc2)cc1. The number of ether oxygens (including phenoxy) is 1. The Bertz CT molecular complexity index is 1250. The topological polar surface area (TPSA) is 81.9 Å². The number of hydrogen-bond acceptors (Lipinski definition) is 6. The predicted octanol–water partition coefficient (Wildman–Crippen LogP) is 5.35. The third-order valence-corrected chi connectivity index (χ3v) is 6.31. The molecule has 34 heavy (non-hydrogen) atoms. The van der Waals surface area contributed by atoms with E-state index in [1.54, 1.807) is 12.4 Å². The monoisotopic (exact) mass is 493 g/mol. The van der Waals surface area contributed by atoms with E-state index in [1.165, 1.54) is 11.8 Å². The van der Waals surface area contributed by atoms with Crippen LogP contribution < -0.4 is 10.1 Å². The molecule has 0 spiro atoms. The van der Waals surface area contributed by atoms with Crippen LogP contribution in [-0.4, -0.2) is 38.0 Å². The Morgan fingerprint density at radius 1 is 1.12 bits per heavy atom. The second-order valence-corrected chi connectivity index (χ2v) is 8.76. The van der Waals surface area contributed by atoms with E-state index >= 15 is 0 Å². The first-order valence-corrected chi connectivity index (χ1v) is 12.2. The Labute approximate surface area is 207 Å². The Morgan fingerprint density at radius 3 is 2.62 bits per heavy atom. The van der Waals surface area contributed by atoms with Gasteiger partial charge in [-0.2, -0.15) is 0 Å². The number of rotatable bonds is 9. The van der Waals surface area contributed by atoms with Crippen molar-refractivity contribution in [1.29, 1.82) is 0 Å². The number of aromatic nitrogens is 4. The molecule has 174 valence electrons. The summed E-state index contributed by atoms with van der Waals surface area (Å²) in [5.74, 6) is 1.48. The Kier molecular flexibility index (Phi) is 7.82. The summed E-state index contributed by atoms with van der Waals surface area (Å²) in [6.07, 6.45) is 3.45. The molecule has 1 unspecified atom stereocenters. The van der Waals surface area contributed by atoms with Gasteiger partial charge in [0.05, 0.1) is 18.4 Å². The lowest BCUT2D eigenvalue weighted by Gasteiger charge is -2.16. The fourth-order valence-corrected chi connectivity index (χ4v) is 4.52. The minimum Gasteiger partial charge on any atom is -0.494 e. The van der Waals surface area contributed by atoms with E-state index in [1.807, 2.05) is 79.1 Å². The van der Waals surface area contributed by atoms with Crippen LogP contribution in [0.1, 0.15) is 25.5 Å². The van der Waals surface area contributed by atoms with E-state index < -0.39 is 0 Å². The summed E-state index contributed by atoms with van der Waals surface area (Å²) in [6, 6.07) is 18.7. The van der Waals surface area contributed by atoms with Crippen molar-refractivity contribution in [3.05, 3.63) is 83.6 Å². The zero-order chi connectivity index (χ0) is 23.9. The van der Waals surface area contributed by atoms with Gasteiger partial charge in [0.15, 0.2) is 11.0 Å². The molecule has 0 aliphatic carbocycles. The number of hydrogen-bond donors (Lipinski definition) is 1. The standard InChI is InChI=1S/C25H24ClN5O2S/c1-3-33-20-12-10-19(11-13-20)31-24(18-7-6-14-27-15-18)29-30-25(31)34-16-23(32)28-17(2)21-8-4-5-9-22(21)26/h4-15,17H,3,16H2,1-2H3,(H,28,32). The lowest BCUT2D eigenvalue weighted by Crippen LogP contribution is -2.28. The number of pyridine rings is 1. The van der Waals surface area contributed by atoms with Crippen LogP contribution in [0.2, 0.25) is 5.02 Å². The van der Waals surface area contributed by atoms with Crippen molar-refractivity contribution < 1.29 is 9.53 Å². The van der Waals surface area contributed by atoms with Gasteiger partial charge in [-0.1, -0.05) is 41.6 Å². The van der Waals surface area contributed by atoms with E-state index in [-0.39, 0.29) is 17.7 Å². The summed E-state index contributed by atoms with van der Waals surface area (Å²) < 4.78 is 7.48. The molecule has 0 fully saturated rings. The van der Waals surface area contributed by atoms with E-state index in [0.717, 1.165) is 22.6 Å². The van der Waals surface area contributed by atoms with Crippen molar-refractivity contribution >= 4 is 29.3 Å². The number of nitrogens with zero attached hydrogens (tertiary/aromatic N) is 4. The number of carbonyl (C=O) groups excluding carboxylic acids is 1. The highest BCUT2D eigenvalue weighted by Crippen LogP contribution is 2.29. The van der Waals surface area contributed by atoms with Gasteiger partial charge in [0.25, 0.3) is 0 Å². The molecular formula is C25H24ClN5O2S.